The van der Waals surface area contributed by atoms with Gasteiger partial charge in [0.25, 0.3) is 0 Å². The minimum atomic E-state index is -0.294. The quantitative estimate of drug-likeness (QED) is 0.841. The van der Waals surface area contributed by atoms with Crippen LogP contribution in [0.2, 0.25) is 0 Å². The fourth-order valence-electron chi connectivity index (χ4n) is 4.86. The number of amides is 3. The summed E-state index contributed by atoms with van der Waals surface area (Å²) in [6.45, 7) is 1.82. The molecule has 2 N–H and O–H groups in total. The predicted octanol–water partition coefficient (Wildman–Crippen LogP) is 2.53. The van der Waals surface area contributed by atoms with Crippen molar-refractivity contribution in [2.75, 3.05) is 6.26 Å². The monoisotopic (exact) mass is 296 g/mol. The van der Waals surface area contributed by atoms with Crippen LogP contribution >= 0.6 is 11.8 Å². The van der Waals surface area contributed by atoms with Crippen LogP contribution < -0.4 is 10.6 Å². The number of thioether (sulfide) groups is 1. The molecule has 0 aromatic rings. The van der Waals surface area contributed by atoms with Crippen LogP contribution in [0.15, 0.2) is 0 Å². The largest absolute Gasteiger partial charge is 0.332 e. The summed E-state index contributed by atoms with van der Waals surface area (Å²) in [4.78, 5) is 23.9. The van der Waals surface area contributed by atoms with E-state index in [0.717, 1.165) is 37.0 Å². The summed E-state index contributed by atoms with van der Waals surface area (Å²) < 4.78 is 0. The summed E-state index contributed by atoms with van der Waals surface area (Å²) in [7, 11) is 0. The first-order chi connectivity index (χ1) is 9.49. The molecule has 4 fully saturated rings. The number of carbonyl (C=O) groups is 2. The SMILES string of the molecule is CS[C@@H](C)C(=O)NC(=O)NC12CC3CC(CC(C3)C1)C2. The second-order valence-corrected chi connectivity index (χ2v) is 8.20. The molecular weight excluding hydrogens is 272 g/mol. The van der Waals surface area contributed by atoms with Gasteiger partial charge in [0.2, 0.25) is 5.91 Å². The summed E-state index contributed by atoms with van der Waals surface area (Å²) in [5.41, 5.74) is -0.0261. The van der Waals surface area contributed by atoms with Crippen molar-refractivity contribution in [1.29, 1.82) is 0 Å². The first kappa shape index (κ1) is 14.2. The molecule has 0 saturated heterocycles. The highest BCUT2D eigenvalue weighted by Crippen LogP contribution is 2.55. The predicted molar refractivity (Wildman–Crippen MR) is 80.6 cm³/mol. The molecule has 112 valence electrons. The molecule has 0 heterocycles. The zero-order valence-corrected chi connectivity index (χ0v) is 13.1. The van der Waals surface area contributed by atoms with Crippen LogP contribution in [-0.4, -0.2) is 29.0 Å². The van der Waals surface area contributed by atoms with Crippen molar-refractivity contribution in [2.24, 2.45) is 17.8 Å². The van der Waals surface area contributed by atoms with Gasteiger partial charge in [-0.1, -0.05) is 0 Å². The molecule has 4 aliphatic carbocycles. The zero-order valence-electron chi connectivity index (χ0n) is 12.3. The molecule has 3 amide bonds. The van der Waals surface area contributed by atoms with E-state index in [1.165, 1.54) is 31.0 Å². The molecule has 20 heavy (non-hydrogen) atoms. The fraction of sp³-hybridized carbons (Fsp3) is 0.867. The van der Waals surface area contributed by atoms with Crippen LogP contribution in [0.5, 0.6) is 0 Å². The van der Waals surface area contributed by atoms with E-state index in [4.69, 9.17) is 0 Å². The van der Waals surface area contributed by atoms with Gasteiger partial charge in [-0.05, 0) is 69.5 Å². The Morgan fingerprint density at radius 1 is 1.10 bits per heavy atom. The lowest BCUT2D eigenvalue weighted by atomic mass is 9.53. The smallest absolute Gasteiger partial charge is 0.321 e. The summed E-state index contributed by atoms with van der Waals surface area (Å²) in [5.74, 6) is 2.19. The lowest BCUT2D eigenvalue weighted by Gasteiger charge is -2.56. The Kier molecular flexibility index (Phi) is 3.73. The van der Waals surface area contributed by atoms with Crippen molar-refractivity contribution in [2.45, 2.75) is 56.2 Å². The third kappa shape index (κ3) is 2.69. The maximum Gasteiger partial charge on any atom is 0.321 e. The van der Waals surface area contributed by atoms with Crippen LogP contribution in [-0.2, 0) is 4.79 Å². The molecule has 0 unspecified atom stereocenters. The number of urea groups is 1. The Labute approximate surface area is 124 Å². The molecular formula is C15H24N2O2S. The fourth-order valence-corrected chi connectivity index (χ4v) is 5.13. The van der Waals surface area contributed by atoms with Crippen molar-refractivity contribution in [3.8, 4) is 0 Å². The number of carbonyl (C=O) groups excluding carboxylic acids is 2. The van der Waals surface area contributed by atoms with Crippen molar-refractivity contribution < 1.29 is 9.59 Å². The van der Waals surface area contributed by atoms with Gasteiger partial charge >= 0.3 is 6.03 Å². The lowest BCUT2D eigenvalue weighted by molar-refractivity contribution is -0.119. The molecule has 0 spiro atoms. The molecule has 4 rings (SSSR count). The van der Waals surface area contributed by atoms with Crippen LogP contribution in [0.1, 0.15) is 45.4 Å². The third-order valence-corrected chi connectivity index (χ3v) is 6.30. The molecule has 0 radical (unpaired) electrons. The van der Waals surface area contributed by atoms with E-state index in [1.54, 1.807) is 0 Å². The summed E-state index contributed by atoms with van der Waals surface area (Å²) in [5, 5.41) is 5.47. The minimum absolute atomic E-state index is 0.0261. The first-order valence-corrected chi connectivity index (χ1v) is 8.94. The van der Waals surface area contributed by atoms with E-state index in [-0.39, 0.29) is 22.7 Å². The Balaban J connectivity index is 1.60. The van der Waals surface area contributed by atoms with Gasteiger partial charge in [-0.2, -0.15) is 11.8 Å². The number of nitrogens with one attached hydrogen (secondary N) is 2. The Morgan fingerprint density at radius 3 is 2.05 bits per heavy atom. The van der Waals surface area contributed by atoms with E-state index in [9.17, 15) is 9.59 Å². The number of hydrogen-bond donors (Lipinski definition) is 2. The number of rotatable bonds is 3. The normalized spacial score (nSPS) is 39.4. The van der Waals surface area contributed by atoms with Gasteiger partial charge < -0.3 is 5.32 Å². The highest BCUT2D eigenvalue weighted by molar-refractivity contribution is 7.99. The van der Waals surface area contributed by atoms with Crippen LogP contribution in [0.3, 0.4) is 0 Å². The molecule has 1 atom stereocenters. The second-order valence-electron chi connectivity index (χ2n) is 7.02. The maximum atomic E-state index is 12.1. The zero-order chi connectivity index (χ0) is 14.3. The van der Waals surface area contributed by atoms with E-state index >= 15 is 0 Å². The van der Waals surface area contributed by atoms with Crippen molar-refractivity contribution in [1.82, 2.24) is 10.6 Å². The average Bonchev–Trinajstić information content (AvgIpc) is 2.34. The first-order valence-electron chi connectivity index (χ1n) is 7.65. The van der Waals surface area contributed by atoms with Crippen LogP contribution in [0.4, 0.5) is 4.79 Å². The summed E-state index contributed by atoms with van der Waals surface area (Å²) >= 11 is 1.45. The standard InChI is InChI=1S/C15H24N2O2S/c1-9(20-2)13(18)16-14(19)17-15-6-10-3-11(7-15)5-12(4-10)8-15/h9-12H,3-8H2,1-2H3,(H2,16,17,18,19)/t9-,10?,11?,12?,15?/m0/s1. The van der Waals surface area contributed by atoms with E-state index in [1.807, 2.05) is 13.2 Å². The van der Waals surface area contributed by atoms with Crippen molar-refractivity contribution in [3.63, 3.8) is 0 Å². The van der Waals surface area contributed by atoms with Crippen LogP contribution in [0.25, 0.3) is 0 Å². The van der Waals surface area contributed by atoms with Gasteiger partial charge in [0.15, 0.2) is 0 Å². The number of hydrogen-bond acceptors (Lipinski definition) is 3. The number of imide groups is 1. The lowest BCUT2D eigenvalue weighted by Crippen LogP contribution is -2.62. The summed E-state index contributed by atoms with van der Waals surface area (Å²) in [6, 6.07) is -0.294. The topological polar surface area (TPSA) is 58.2 Å². The second kappa shape index (κ2) is 5.24. The van der Waals surface area contributed by atoms with Gasteiger partial charge in [-0.3, -0.25) is 10.1 Å². The van der Waals surface area contributed by atoms with E-state index in [2.05, 4.69) is 10.6 Å². The van der Waals surface area contributed by atoms with Gasteiger partial charge in [-0.25, -0.2) is 4.79 Å². The van der Waals surface area contributed by atoms with Gasteiger partial charge in [-0.15, -0.1) is 0 Å². The molecule has 0 aromatic heterocycles. The van der Waals surface area contributed by atoms with Gasteiger partial charge in [0, 0.05) is 5.54 Å². The Bertz CT molecular complexity index is 389. The Hall–Kier alpha value is -0.710. The third-order valence-electron chi connectivity index (χ3n) is 5.38. The molecule has 4 nitrogen and oxygen atoms in total. The average molecular weight is 296 g/mol. The molecule has 0 aliphatic heterocycles. The van der Waals surface area contributed by atoms with Crippen molar-refractivity contribution >= 4 is 23.7 Å². The molecule has 4 aliphatic rings. The summed E-state index contributed by atoms with van der Waals surface area (Å²) in [6.07, 6.45) is 9.26. The molecule has 4 bridgehead atoms. The minimum Gasteiger partial charge on any atom is -0.332 e. The van der Waals surface area contributed by atoms with E-state index in [0.29, 0.717) is 0 Å². The van der Waals surface area contributed by atoms with E-state index < -0.39 is 0 Å². The van der Waals surface area contributed by atoms with Gasteiger partial charge in [0.05, 0.1) is 5.25 Å². The van der Waals surface area contributed by atoms with Crippen LogP contribution in [0, 0.1) is 17.8 Å². The molecule has 5 heteroatoms. The van der Waals surface area contributed by atoms with Gasteiger partial charge in [0.1, 0.15) is 0 Å². The molecule has 4 saturated carbocycles. The Morgan fingerprint density at radius 2 is 1.60 bits per heavy atom. The maximum absolute atomic E-state index is 12.1. The van der Waals surface area contributed by atoms with Crippen molar-refractivity contribution in [3.05, 3.63) is 0 Å². The highest BCUT2D eigenvalue weighted by Gasteiger charge is 2.51. The highest BCUT2D eigenvalue weighted by atomic mass is 32.2. The molecule has 0 aromatic carbocycles.